The number of carboxylic acids is 2. The van der Waals surface area contributed by atoms with E-state index in [2.05, 4.69) is 0 Å². The first kappa shape index (κ1) is 12.8. The van der Waals surface area contributed by atoms with E-state index >= 15 is 0 Å². The zero-order valence-electron chi connectivity index (χ0n) is 9.18. The monoisotopic (exact) mass is 285 g/mol. The molecular weight excluding hydrogens is 278 g/mol. The molecule has 1 aromatic rings. The van der Waals surface area contributed by atoms with Gasteiger partial charge in [-0.05, 0) is 18.2 Å². The highest BCUT2D eigenvalue weighted by atomic mass is 35.5. The highest BCUT2D eigenvalue weighted by Crippen LogP contribution is 2.43. The summed E-state index contributed by atoms with van der Waals surface area (Å²) >= 11 is 10.8. The quantitative estimate of drug-likeness (QED) is 0.634. The molecular formula is C11H8ClNO4S. The number of aliphatic carboxylic acids is 2. The third-order valence-corrected chi connectivity index (χ3v) is 3.81. The number of likely N-dealkylation sites (N-methyl/N-ethyl adjacent to an activating group) is 1. The molecule has 94 valence electrons. The van der Waals surface area contributed by atoms with E-state index in [1.165, 1.54) is 18.0 Å². The molecule has 1 aliphatic heterocycles. The summed E-state index contributed by atoms with van der Waals surface area (Å²) in [6.45, 7) is 0. The van der Waals surface area contributed by atoms with Gasteiger partial charge in [0.2, 0.25) is 5.41 Å². The van der Waals surface area contributed by atoms with Gasteiger partial charge in [0.05, 0.1) is 0 Å². The van der Waals surface area contributed by atoms with Crippen LogP contribution in [0.3, 0.4) is 0 Å². The van der Waals surface area contributed by atoms with E-state index in [1.807, 2.05) is 0 Å². The van der Waals surface area contributed by atoms with Gasteiger partial charge in [0, 0.05) is 23.3 Å². The van der Waals surface area contributed by atoms with Gasteiger partial charge in [0.25, 0.3) is 0 Å². The molecule has 18 heavy (non-hydrogen) atoms. The van der Waals surface area contributed by atoms with E-state index in [0.717, 1.165) is 0 Å². The van der Waals surface area contributed by atoms with Crippen LogP contribution in [-0.4, -0.2) is 34.2 Å². The van der Waals surface area contributed by atoms with E-state index in [1.54, 1.807) is 12.1 Å². The molecule has 0 bridgehead atoms. The van der Waals surface area contributed by atoms with Gasteiger partial charge >= 0.3 is 11.9 Å². The van der Waals surface area contributed by atoms with Crippen molar-refractivity contribution in [2.24, 2.45) is 0 Å². The first-order chi connectivity index (χ1) is 8.33. The Kier molecular flexibility index (Phi) is 2.79. The summed E-state index contributed by atoms with van der Waals surface area (Å²) in [5.41, 5.74) is -1.72. The van der Waals surface area contributed by atoms with Crippen LogP contribution in [0, 0.1) is 0 Å². The van der Waals surface area contributed by atoms with Crippen molar-refractivity contribution >= 4 is 46.4 Å². The molecule has 7 heteroatoms. The average Bonchev–Trinajstić information content (AvgIpc) is 2.49. The Balaban J connectivity index is 2.85. The van der Waals surface area contributed by atoms with Crippen molar-refractivity contribution < 1.29 is 19.8 Å². The van der Waals surface area contributed by atoms with Crippen LogP contribution in [-0.2, 0) is 15.0 Å². The highest BCUT2D eigenvalue weighted by Gasteiger charge is 2.59. The van der Waals surface area contributed by atoms with Gasteiger partial charge in [-0.25, -0.2) is 0 Å². The fraction of sp³-hybridized carbons (Fsp3) is 0.182. The second kappa shape index (κ2) is 3.93. The molecule has 0 atom stereocenters. The van der Waals surface area contributed by atoms with Crippen LogP contribution in [0.5, 0.6) is 0 Å². The van der Waals surface area contributed by atoms with Crippen molar-refractivity contribution in [1.29, 1.82) is 0 Å². The summed E-state index contributed by atoms with van der Waals surface area (Å²) in [5, 5.41) is 18.9. The van der Waals surface area contributed by atoms with Crippen molar-refractivity contribution in [3.05, 3.63) is 28.8 Å². The standard InChI is InChI=1S/C11H8ClNO4S/c1-13-7-3-2-5(12)4-6(7)11(8(13)18,9(14)15)10(16)17/h2-4H,1H3,(H,14,15)(H,16,17). The number of halogens is 1. The number of nitrogens with zero attached hydrogens (tertiary/aromatic N) is 1. The number of fused-ring (bicyclic) bond motifs is 1. The maximum Gasteiger partial charge on any atom is 0.332 e. The SMILES string of the molecule is CN1C(=S)C(C(=O)O)(C(=O)O)c2cc(Cl)ccc21. The Hall–Kier alpha value is -1.66. The molecule has 1 aromatic carbocycles. The molecule has 1 aliphatic rings. The number of carboxylic acid groups (broad SMARTS) is 2. The minimum absolute atomic E-state index is 0.0856. The second-order valence-corrected chi connectivity index (χ2v) is 4.71. The van der Waals surface area contributed by atoms with Crippen molar-refractivity contribution in [3.63, 3.8) is 0 Å². The number of hydrogen-bond donors (Lipinski definition) is 2. The van der Waals surface area contributed by atoms with E-state index in [4.69, 9.17) is 23.8 Å². The largest absolute Gasteiger partial charge is 0.480 e. The molecule has 0 unspecified atom stereocenters. The van der Waals surface area contributed by atoms with Crippen molar-refractivity contribution in [1.82, 2.24) is 0 Å². The summed E-state index contributed by atoms with van der Waals surface area (Å²) in [7, 11) is 1.53. The predicted molar refractivity (Wildman–Crippen MR) is 69.4 cm³/mol. The number of rotatable bonds is 2. The molecule has 0 saturated carbocycles. The number of carbonyl (C=O) groups is 2. The van der Waals surface area contributed by atoms with Gasteiger partial charge in [-0.2, -0.15) is 0 Å². The smallest absolute Gasteiger partial charge is 0.332 e. The normalized spacial score (nSPS) is 16.6. The van der Waals surface area contributed by atoms with Gasteiger partial charge in [-0.3, -0.25) is 9.59 Å². The molecule has 1 heterocycles. The van der Waals surface area contributed by atoms with E-state index in [-0.39, 0.29) is 15.6 Å². The van der Waals surface area contributed by atoms with E-state index in [0.29, 0.717) is 5.69 Å². The number of anilines is 1. The lowest BCUT2D eigenvalue weighted by molar-refractivity contribution is -0.153. The van der Waals surface area contributed by atoms with Crippen LogP contribution in [0.25, 0.3) is 0 Å². The molecule has 0 saturated heterocycles. The zero-order valence-corrected chi connectivity index (χ0v) is 10.7. The Bertz CT molecular complexity index is 572. The minimum Gasteiger partial charge on any atom is -0.480 e. The molecule has 5 nitrogen and oxygen atoms in total. The third kappa shape index (κ3) is 1.36. The minimum atomic E-state index is -2.25. The number of hydrogen-bond acceptors (Lipinski definition) is 3. The lowest BCUT2D eigenvalue weighted by Crippen LogP contribution is -2.50. The summed E-state index contributed by atoms with van der Waals surface area (Å²) in [4.78, 5) is 24.1. The Morgan fingerprint density at radius 3 is 2.39 bits per heavy atom. The van der Waals surface area contributed by atoms with Crippen molar-refractivity contribution in [2.75, 3.05) is 11.9 Å². The third-order valence-electron chi connectivity index (χ3n) is 2.99. The van der Waals surface area contributed by atoms with Crippen LogP contribution < -0.4 is 4.90 Å². The lowest BCUT2D eigenvalue weighted by Gasteiger charge is -2.21. The van der Waals surface area contributed by atoms with Gasteiger partial charge in [-0.1, -0.05) is 23.8 Å². The molecule has 0 aromatic heterocycles. The molecule has 0 spiro atoms. The Labute approximate surface area is 113 Å². The lowest BCUT2D eigenvalue weighted by atomic mass is 9.82. The summed E-state index contributed by atoms with van der Waals surface area (Å²) in [6.07, 6.45) is 0. The molecule has 0 aliphatic carbocycles. The highest BCUT2D eigenvalue weighted by molar-refractivity contribution is 7.81. The molecule has 0 radical (unpaired) electrons. The van der Waals surface area contributed by atoms with Crippen LogP contribution in [0.2, 0.25) is 5.02 Å². The predicted octanol–water partition coefficient (Wildman–Crippen LogP) is 1.52. The van der Waals surface area contributed by atoms with Gasteiger partial charge in [-0.15, -0.1) is 0 Å². The Morgan fingerprint density at radius 2 is 1.89 bits per heavy atom. The molecule has 2 rings (SSSR count). The van der Waals surface area contributed by atoms with E-state index in [9.17, 15) is 19.8 Å². The first-order valence-electron chi connectivity index (χ1n) is 4.88. The van der Waals surface area contributed by atoms with Gasteiger partial charge in [0.15, 0.2) is 0 Å². The van der Waals surface area contributed by atoms with Crippen LogP contribution in [0.1, 0.15) is 5.56 Å². The van der Waals surface area contributed by atoms with Crippen molar-refractivity contribution in [3.8, 4) is 0 Å². The number of benzene rings is 1. The maximum absolute atomic E-state index is 11.5. The number of thiocarbonyl (C=S) groups is 1. The molecule has 0 amide bonds. The maximum atomic E-state index is 11.5. The summed E-state index contributed by atoms with van der Waals surface area (Å²) < 4.78 is 0. The topological polar surface area (TPSA) is 77.8 Å². The summed E-state index contributed by atoms with van der Waals surface area (Å²) in [6, 6.07) is 4.44. The fourth-order valence-corrected chi connectivity index (χ4v) is 2.64. The van der Waals surface area contributed by atoms with Crippen LogP contribution in [0.4, 0.5) is 5.69 Å². The van der Waals surface area contributed by atoms with Gasteiger partial charge < -0.3 is 15.1 Å². The first-order valence-corrected chi connectivity index (χ1v) is 5.67. The summed E-state index contributed by atoms with van der Waals surface area (Å²) in [5.74, 6) is -3.04. The molecule has 2 N–H and O–H groups in total. The zero-order chi connectivity index (χ0) is 13.7. The second-order valence-electron chi connectivity index (χ2n) is 3.89. The fourth-order valence-electron chi connectivity index (χ4n) is 2.08. The Morgan fingerprint density at radius 1 is 1.33 bits per heavy atom. The molecule has 0 fully saturated rings. The van der Waals surface area contributed by atoms with Crippen molar-refractivity contribution in [2.45, 2.75) is 5.41 Å². The van der Waals surface area contributed by atoms with Crippen LogP contribution in [0.15, 0.2) is 18.2 Å². The van der Waals surface area contributed by atoms with Gasteiger partial charge in [0.1, 0.15) is 4.99 Å². The average molecular weight is 286 g/mol. The van der Waals surface area contributed by atoms with E-state index < -0.39 is 17.4 Å². The van der Waals surface area contributed by atoms with Crippen LogP contribution >= 0.6 is 23.8 Å².